The second-order valence-electron chi connectivity index (χ2n) is 4.99. The molecule has 0 radical (unpaired) electrons. The number of alkyl halides is 2. The molecule has 1 fully saturated rings. The van der Waals surface area contributed by atoms with E-state index in [1.807, 2.05) is 0 Å². The van der Waals surface area contributed by atoms with E-state index in [1.165, 1.54) is 24.2 Å². The van der Waals surface area contributed by atoms with E-state index < -0.39 is 5.76 Å². The molecule has 0 spiro atoms. The molecule has 1 aromatic carbocycles. The molecule has 1 N–H and O–H groups in total. The molecule has 1 aliphatic rings. The van der Waals surface area contributed by atoms with Gasteiger partial charge in [-0.25, -0.2) is 0 Å². The molecule has 2 aromatic rings. The standard InChI is InChI=1S/C16H13F2N3O2S2/c17-15(18)24-12-5-3-10(4-6-12)8-13-14(22)20-16(25-13)21-19-9-11-2-1-7-23-11/h1-7,9,13,15H,8H2,(H,20,21,22)/b19-9-/t13-/m1/s1. The number of rotatable bonds is 6. The van der Waals surface area contributed by atoms with Crippen molar-refractivity contribution in [3.63, 3.8) is 0 Å². The number of amidine groups is 1. The van der Waals surface area contributed by atoms with E-state index in [1.54, 1.807) is 36.4 Å². The Labute approximate surface area is 151 Å². The predicted molar refractivity (Wildman–Crippen MR) is 95.3 cm³/mol. The smallest absolute Gasteiger partial charge is 0.288 e. The average Bonchev–Trinajstić information content (AvgIpc) is 3.19. The molecule has 0 saturated carbocycles. The molecule has 1 saturated heterocycles. The molecule has 1 aliphatic heterocycles. The molecule has 1 amide bonds. The van der Waals surface area contributed by atoms with Crippen LogP contribution in [0.5, 0.6) is 0 Å². The number of benzene rings is 1. The van der Waals surface area contributed by atoms with Crippen LogP contribution in [0.25, 0.3) is 0 Å². The number of carbonyl (C=O) groups is 1. The van der Waals surface area contributed by atoms with Crippen molar-refractivity contribution in [1.82, 2.24) is 5.32 Å². The molecular formula is C16H13F2N3O2S2. The maximum Gasteiger partial charge on any atom is 0.288 e. The summed E-state index contributed by atoms with van der Waals surface area (Å²) in [5.74, 6) is -2.03. The quantitative estimate of drug-likeness (QED) is 0.470. The minimum atomic E-state index is -2.44. The van der Waals surface area contributed by atoms with Crippen LogP contribution in [0.3, 0.4) is 0 Å². The van der Waals surface area contributed by atoms with Gasteiger partial charge in [0.1, 0.15) is 5.76 Å². The van der Waals surface area contributed by atoms with E-state index in [9.17, 15) is 13.6 Å². The summed E-state index contributed by atoms with van der Waals surface area (Å²) in [4.78, 5) is 12.5. The van der Waals surface area contributed by atoms with Crippen LogP contribution < -0.4 is 5.32 Å². The average molecular weight is 381 g/mol. The van der Waals surface area contributed by atoms with Gasteiger partial charge in [0.25, 0.3) is 5.76 Å². The Morgan fingerprint density at radius 2 is 2.12 bits per heavy atom. The summed E-state index contributed by atoms with van der Waals surface area (Å²) in [7, 11) is 0. The first-order valence-corrected chi connectivity index (χ1v) is 9.02. The number of furan rings is 1. The van der Waals surface area contributed by atoms with Gasteiger partial charge in [0.05, 0.1) is 17.7 Å². The SMILES string of the molecule is O=C1N/C(=N\N=C/c2ccco2)S[C@@H]1Cc1ccc(SC(F)F)cc1. The van der Waals surface area contributed by atoms with Crippen molar-refractivity contribution in [3.05, 3.63) is 54.0 Å². The van der Waals surface area contributed by atoms with Crippen LogP contribution in [-0.2, 0) is 11.2 Å². The van der Waals surface area contributed by atoms with Gasteiger partial charge in [-0.05, 0) is 36.2 Å². The molecule has 0 aliphatic carbocycles. The van der Waals surface area contributed by atoms with Gasteiger partial charge in [-0.2, -0.15) is 13.9 Å². The molecule has 3 rings (SSSR count). The Morgan fingerprint density at radius 3 is 2.80 bits per heavy atom. The van der Waals surface area contributed by atoms with Gasteiger partial charge in [-0.1, -0.05) is 35.7 Å². The summed E-state index contributed by atoms with van der Waals surface area (Å²) in [6.45, 7) is 0. The van der Waals surface area contributed by atoms with Crippen LogP contribution in [0.4, 0.5) is 8.78 Å². The Hall–Kier alpha value is -2.13. The number of carbonyl (C=O) groups excluding carboxylic acids is 1. The van der Waals surface area contributed by atoms with Gasteiger partial charge in [0.2, 0.25) is 5.91 Å². The zero-order chi connectivity index (χ0) is 17.6. The van der Waals surface area contributed by atoms with Crippen LogP contribution in [0, 0.1) is 0 Å². The third-order valence-corrected chi connectivity index (χ3v) is 5.02. The lowest BCUT2D eigenvalue weighted by atomic mass is 10.1. The van der Waals surface area contributed by atoms with E-state index >= 15 is 0 Å². The zero-order valence-electron chi connectivity index (χ0n) is 12.8. The molecule has 2 heterocycles. The van der Waals surface area contributed by atoms with E-state index in [4.69, 9.17) is 4.42 Å². The highest BCUT2D eigenvalue weighted by Crippen LogP contribution is 2.27. The predicted octanol–water partition coefficient (Wildman–Crippen LogP) is 3.76. The molecule has 25 heavy (non-hydrogen) atoms. The van der Waals surface area contributed by atoms with Gasteiger partial charge >= 0.3 is 0 Å². The Bertz CT molecular complexity index is 777. The van der Waals surface area contributed by atoms with Crippen molar-refractivity contribution in [3.8, 4) is 0 Å². The van der Waals surface area contributed by atoms with Gasteiger partial charge < -0.3 is 9.73 Å². The van der Waals surface area contributed by atoms with E-state index in [0.717, 1.165) is 5.56 Å². The minimum Gasteiger partial charge on any atom is -0.463 e. The molecule has 0 bridgehead atoms. The van der Waals surface area contributed by atoms with Crippen molar-refractivity contribution >= 4 is 40.8 Å². The number of hydrogen-bond acceptors (Lipinski definition) is 6. The summed E-state index contributed by atoms with van der Waals surface area (Å²) >= 11 is 1.78. The van der Waals surface area contributed by atoms with Crippen LogP contribution in [0.2, 0.25) is 0 Å². The van der Waals surface area contributed by atoms with Gasteiger partial charge in [-0.3, -0.25) is 4.79 Å². The van der Waals surface area contributed by atoms with Gasteiger partial charge in [0, 0.05) is 4.90 Å². The highest BCUT2D eigenvalue weighted by molar-refractivity contribution is 8.15. The molecule has 1 aromatic heterocycles. The number of amides is 1. The number of nitrogens with one attached hydrogen (secondary N) is 1. The monoisotopic (exact) mass is 381 g/mol. The zero-order valence-corrected chi connectivity index (χ0v) is 14.4. The lowest BCUT2D eigenvalue weighted by Gasteiger charge is -2.06. The Kier molecular flexibility index (Phi) is 5.87. The first-order valence-electron chi connectivity index (χ1n) is 7.26. The normalized spacial score (nSPS) is 19.2. The summed E-state index contributed by atoms with van der Waals surface area (Å²) in [5, 5.41) is 10.6. The number of nitrogens with zero attached hydrogens (tertiary/aromatic N) is 2. The second-order valence-corrected chi connectivity index (χ2v) is 7.24. The van der Waals surface area contributed by atoms with Gasteiger partial charge in [-0.15, -0.1) is 5.10 Å². The minimum absolute atomic E-state index is 0.150. The molecule has 0 unspecified atom stereocenters. The lowest BCUT2D eigenvalue weighted by molar-refractivity contribution is -0.118. The lowest BCUT2D eigenvalue weighted by Crippen LogP contribution is -2.25. The molecule has 9 heteroatoms. The Balaban J connectivity index is 1.57. The maximum absolute atomic E-state index is 12.3. The Morgan fingerprint density at radius 1 is 1.32 bits per heavy atom. The second kappa shape index (κ2) is 8.30. The van der Waals surface area contributed by atoms with Crippen molar-refractivity contribution in [2.45, 2.75) is 22.3 Å². The third kappa shape index (κ3) is 5.17. The molecule has 1 atom stereocenters. The molecule has 130 valence electrons. The first kappa shape index (κ1) is 17.7. The summed E-state index contributed by atoms with van der Waals surface area (Å²) in [6.07, 6.45) is 3.46. The van der Waals surface area contributed by atoms with Crippen LogP contribution in [0.1, 0.15) is 11.3 Å². The van der Waals surface area contributed by atoms with E-state index in [2.05, 4.69) is 15.5 Å². The highest BCUT2D eigenvalue weighted by Gasteiger charge is 2.30. The maximum atomic E-state index is 12.3. The fourth-order valence-electron chi connectivity index (χ4n) is 2.11. The van der Waals surface area contributed by atoms with Gasteiger partial charge in [0.15, 0.2) is 5.17 Å². The number of thioether (sulfide) groups is 2. The summed E-state index contributed by atoms with van der Waals surface area (Å²) in [6, 6.07) is 10.2. The van der Waals surface area contributed by atoms with Crippen LogP contribution >= 0.6 is 23.5 Å². The topological polar surface area (TPSA) is 67.0 Å². The molecule has 5 nitrogen and oxygen atoms in total. The summed E-state index contributed by atoms with van der Waals surface area (Å²) in [5.41, 5.74) is 0.895. The van der Waals surface area contributed by atoms with E-state index in [-0.39, 0.29) is 11.2 Å². The van der Waals surface area contributed by atoms with Crippen molar-refractivity contribution in [1.29, 1.82) is 0 Å². The largest absolute Gasteiger partial charge is 0.463 e. The van der Waals surface area contributed by atoms with Crippen LogP contribution in [0.15, 0.2) is 62.2 Å². The number of halogens is 2. The fourth-order valence-corrected chi connectivity index (χ4v) is 3.57. The fraction of sp³-hybridized carbons (Fsp3) is 0.188. The van der Waals surface area contributed by atoms with Crippen molar-refractivity contribution in [2.24, 2.45) is 10.2 Å². The number of hydrogen-bond donors (Lipinski definition) is 1. The summed E-state index contributed by atoms with van der Waals surface area (Å²) < 4.78 is 29.7. The van der Waals surface area contributed by atoms with Crippen molar-refractivity contribution < 1.29 is 18.0 Å². The highest BCUT2D eigenvalue weighted by atomic mass is 32.2. The van der Waals surface area contributed by atoms with Crippen molar-refractivity contribution in [2.75, 3.05) is 0 Å². The third-order valence-electron chi connectivity index (χ3n) is 3.22. The van der Waals surface area contributed by atoms with E-state index in [0.29, 0.717) is 34.0 Å². The molecular weight excluding hydrogens is 368 g/mol. The van der Waals surface area contributed by atoms with Crippen LogP contribution in [-0.4, -0.2) is 28.3 Å². The first-order chi connectivity index (χ1) is 12.1.